The number of anilines is 2. The third-order valence-corrected chi connectivity index (χ3v) is 4.05. The molecule has 1 unspecified atom stereocenters. The highest BCUT2D eigenvalue weighted by Crippen LogP contribution is 2.43. The number of unbranched alkanes of at least 4 members (excludes halogenated alkanes) is 1. The van der Waals surface area contributed by atoms with E-state index in [1.54, 1.807) is 0 Å². The number of pyridine rings is 1. The summed E-state index contributed by atoms with van der Waals surface area (Å²) in [5.74, 6) is -1.00. The minimum Gasteiger partial charge on any atom is -0.431 e. The minimum atomic E-state index is -4.90. The summed E-state index contributed by atoms with van der Waals surface area (Å²) in [4.78, 5) is 15.0. The van der Waals surface area contributed by atoms with Crippen LogP contribution >= 0.6 is 0 Å². The third kappa shape index (κ3) is 6.40. The predicted octanol–water partition coefficient (Wildman–Crippen LogP) is 6.22. The number of nitrogens with zero attached hydrogens (tertiary/aromatic N) is 1. The molecule has 0 spiro atoms. The van der Waals surface area contributed by atoms with Crippen molar-refractivity contribution in [3.05, 3.63) is 53.0 Å². The van der Waals surface area contributed by atoms with Gasteiger partial charge in [0.25, 0.3) is 0 Å². The summed E-state index contributed by atoms with van der Waals surface area (Å²) in [5, 5.41) is 10.3. The lowest BCUT2D eigenvalue weighted by Gasteiger charge is -2.29. The number of halogens is 4. The normalized spacial score (nSPS) is 14.6. The number of benzene rings is 1. The van der Waals surface area contributed by atoms with Gasteiger partial charge in [-0.05, 0) is 24.3 Å². The number of nitrogens with one attached hydrogen (secondary N) is 2. The van der Waals surface area contributed by atoms with Crippen molar-refractivity contribution in [2.45, 2.75) is 52.8 Å². The number of nitrogen functional groups attached to an aromatic ring is 1. The van der Waals surface area contributed by atoms with Gasteiger partial charge < -0.3 is 10.5 Å². The zero-order chi connectivity index (χ0) is 23.8. The average Bonchev–Trinajstić information content (AvgIpc) is 2.73. The maximum atomic E-state index is 13.3. The molecule has 0 saturated carbocycles. The summed E-state index contributed by atoms with van der Waals surface area (Å²) in [6, 6.07) is 4.35. The summed E-state index contributed by atoms with van der Waals surface area (Å²) in [7, 11) is 0. The molecule has 10 heteroatoms. The lowest BCUT2D eigenvalue weighted by atomic mass is 9.93. The van der Waals surface area contributed by atoms with Crippen LogP contribution in [0.4, 0.5) is 33.9 Å². The van der Waals surface area contributed by atoms with Gasteiger partial charge in [0, 0.05) is 23.0 Å². The smallest absolute Gasteiger partial charge is 0.430 e. The van der Waals surface area contributed by atoms with E-state index >= 15 is 0 Å². The van der Waals surface area contributed by atoms with Crippen LogP contribution in [0.1, 0.15) is 63.3 Å². The Kier molecular flexibility index (Phi) is 9.41. The van der Waals surface area contributed by atoms with Crippen LogP contribution in [0.5, 0.6) is 0 Å². The Hall–Kier alpha value is -3.17. The number of hydrogen-bond acceptors (Lipinski definition) is 5. The Morgan fingerprint density at radius 3 is 2.32 bits per heavy atom. The van der Waals surface area contributed by atoms with E-state index in [9.17, 15) is 22.4 Å². The molecule has 0 bridgehead atoms. The second-order valence-corrected chi connectivity index (χ2v) is 6.18. The molecule has 170 valence electrons. The Labute approximate surface area is 178 Å². The van der Waals surface area contributed by atoms with Gasteiger partial charge in [-0.2, -0.15) is 13.2 Å². The van der Waals surface area contributed by atoms with E-state index in [1.165, 1.54) is 25.0 Å². The Balaban J connectivity index is 0.000000720. The number of alkyl halides is 3. The van der Waals surface area contributed by atoms with Crippen molar-refractivity contribution < 1.29 is 27.1 Å². The number of hydrogen-bond donors (Lipinski definition) is 3. The zero-order valence-electron chi connectivity index (χ0n) is 17.7. The van der Waals surface area contributed by atoms with Gasteiger partial charge in [0.2, 0.25) is 6.10 Å². The fraction of sp³-hybridized carbons (Fsp3) is 0.381. The largest absolute Gasteiger partial charge is 0.431 e. The van der Waals surface area contributed by atoms with E-state index < -0.39 is 29.8 Å². The van der Waals surface area contributed by atoms with Crippen molar-refractivity contribution in [1.82, 2.24) is 4.98 Å². The Morgan fingerprint density at radius 1 is 1.19 bits per heavy atom. The molecule has 2 heterocycles. The van der Waals surface area contributed by atoms with Crippen molar-refractivity contribution in [3.8, 4) is 0 Å². The molecule has 1 aromatic carbocycles. The first kappa shape index (κ1) is 25.9. The number of rotatable bonds is 3. The predicted molar refractivity (Wildman–Crippen MR) is 112 cm³/mol. The topological polar surface area (TPSA) is 101 Å². The maximum Gasteiger partial charge on any atom is 0.430 e. The molecule has 0 aliphatic carbocycles. The van der Waals surface area contributed by atoms with Crippen LogP contribution in [0, 0.1) is 11.2 Å². The fourth-order valence-corrected chi connectivity index (χ4v) is 2.49. The summed E-state index contributed by atoms with van der Waals surface area (Å²) in [6.07, 6.45) is -5.00. The molecule has 1 atom stereocenters. The fourth-order valence-electron chi connectivity index (χ4n) is 2.49. The highest BCUT2D eigenvalue weighted by atomic mass is 19.4. The molecule has 0 fully saturated rings. The van der Waals surface area contributed by atoms with E-state index in [4.69, 9.17) is 11.1 Å². The van der Waals surface area contributed by atoms with Crippen LogP contribution in [0.2, 0.25) is 0 Å². The van der Waals surface area contributed by atoms with Crippen LogP contribution in [0.3, 0.4) is 0 Å². The zero-order valence-corrected chi connectivity index (χ0v) is 17.7. The van der Waals surface area contributed by atoms with Gasteiger partial charge in [-0.25, -0.2) is 14.2 Å². The monoisotopic (exact) mass is 442 g/mol. The Morgan fingerprint density at radius 2 is 1.81 bits per heavy atom. The number of aromatic nitrogens is 1. The van der Waals surface area contributed by atoms with Gasteiger partial charge in [-0.15, -0.1) is 0 Å². The molecule has 0 radical (unpaired) electrons. The molecule has 4 N–H and O–H groups in total. The van der Waals surface area contributed by atoms with Crippen LogP contribution in [0.25, 0.3) is 0 Å². The van der Waals surface area contributed by atoms with E-state index in [-0.39, 0.29) is 28.3 Å². The van der Waals surface area contributed by atoms with Gasteiger partial charge in [0.1, 0.15) is 11.6 Å². The minimum absolute atomic E-state index is 0.0348. The summed E-state index contributed by atoms with van der Waals surface area (Å²) < 4.78 is 57.4. The molecule has 1 aliphatic heterocycles. The van der Waals surface area contributed by atoms with Crippen LogP contribution in [-0.2, 0) is 4.74 Å². The second kappa shape index (κ2) is 11.3. The average molecular weight is 442 g/mol. The highest BCUT2D eigenvalue weighted by molar-refractivity contribution is 6.15. The summed E-state index contributed by atoms with van der Waals surface area (Å²) in [5.41, 5.74) is 4.50. The lowest BCUT2D eigenvalue weighted by molar-refractivity contribution is -0.206. The standard InChI is InChI=1S/C15H10F4N4O2.C4H10.C2H6/c16-6-1-2-7(9(20)5-6)11(21)8-3-4-22-13-10(8)12(15(17,18)19)25-14(24)23-13;1-3-4-2;1-2/h1-5,12,21H,20H2,(H,22,23,24);3-4H2,1-2H3;1-2H3. The van der Waals surface area contributed by atoms with E-state index in [0.29, 0.717) is 0 Å². The van der Waals surface area contributed by atoms with Crippen LogP contribution in [-0.4, -0.2) is 23.0 Å². The van der Waals surface area contributed by atoms with E-state index in [1.807, 2.05) is 13.8 Å². The summed E-state index contributed by atoms with van der Waals surface area (Å²) >= 11 is 0. The molecular formula is C21H26F4N4O2. The third-order valence-electron chi connectivity index (χ3n) is 4.05. The number of cyclic esters (lactones) is 1. The van der Waals surface area contributed by atoms with Crippen molar-refractivity contribution in [3.63, 3.8) is 0 Å². The first-order chi connectivity index (χ1) is 14.6. The second-order valence-electron chi connectivity index (χ2n) is 6.18. The number of nitrogens with two attached hydrogens (primary N) is 1. The summed E-state index contributed by atoms with van der Waals surface area (Å²) in [6.45, 7) is 8.36. The molecular weight excluding hydrogens is 416 g/mol. The van der Waals surface area contributed by atoms with Crippen LogP contribution < -0.4 is 11.1 Å². The molecule has 0 saturated heterocycles. The van der Waals surface area contributed by atoms with Crippen molar-refractivity contribution in [2.24, 2.45) is 0 Å². The Bertz CT molecular complexity index is 915. The molecule has 31 heavy (non-hydrogen) atoms. The molecule has 1 aromatic heterocycles. The van der Waals surface area contributed by atoms with Crippen molar-refractivity contribution >= 4 is 23.3 Å². The van der Waals surface area contributed by atoms with Gasteiger partial charge >= 0.3 is 12.3 Å². The number of carbonyl (C=O) groups is 1. The van der Waals surface area contributed by atoms with E-state index in [0.717, 1.165) is 18.3 Å². The van der Waals surface area contributed by atoms with Gasteiger partial charge in [0.15, 0.2) is 0 Å². The molecule has 1 amide bonds. The van der Waals surface area contributed by atoms with Crippen LogP contribution in [0.15, 0.2) is 30.5 Å². The van der Waals surface area contributed by atoms with Gasteiger partial charge in [-0.1, -0.05) is 40.5 Å². The maximum absolute atomic E-state index is 13.3. The van der Waals surface area contributed by atoms with Crippen molar-refractivity contribution in [1.29, 1.82) is 5.41 Å². The SMILES string of the molecule is CC.CCCC.N=C(c1ccc(F)cc1N)c1ccnc2c1C(C(F)(F)F)OC(=O)N2. The van der Waals surface area contributed by atoms with Gasteiger partial charge in [0.05, 0.1) is 11.3 Å². The molecule has 3 rings (SSSR count). The van der Waals surface area contributed by atoms with Gasteiger partial charge in [-0.3, -0.25) is 10.7 Å². The number of carbonyl (C=O) groups excluding carboxylic acids is 1. The highest BCUT2D eigenvalue weighted by Gasteiger charge is 2.49. The van der Waals surface area contributed by atoms with Crippen molar-refractivity contribution in [2.75, 3.05) is 11.1 Å². The number of fused-ring (bicyclic) bond motifs is 1. The molecule has 1 aliphatic rings. The first-order valence-electron chi connectivity index (χ1n) is 9.77. The van der Waals surface area contributed by atoms with E-state index in [2.05, 4.69) is 28.9 Å². The quantitative estimate of drug-likeness (QED) is 0.298. The molecule has 6 nitrogen and oxygen atoms in total. The lowest BCUT2D eigenvalue weighted by Crippen LogP contribution is -2.35. The number of ether oxygens (including phenoxy) is 1. The molecule has 2 aromatic rings. The number of amides is 1. The first-order valence-corrected chi connectivity index (χ1v) is 9.77.